The average molecular weight is 283 g/mol. The molecule has 0 aromatic heterocycles. The monoisotopic (exact) mass is 283 g/mol. The van der Waals surface area contributed by atoms with Crippen LogP contribution in [-0.2, 0) is 9.53 Å². The number of carbonyl (C=O) groups excluding carboxylic acids is 1. The van der Waals surface area contributed by atoms with Crippen LogP contribution in [0.15, 0.2) is 0 Å². The summed E-state index contributed by atoms with van der Waals surface area (Å²) < 4.78 is 5.67. The van der Waals surface area contributed by atoms with E-state index in [9.17, 15) is 4.79 Å². The Labute approximate surface area is 122 Å². The molecule has 1 saturated heterocycles. The minimum Gasteiger partial charge on any atom is -0.378 e. The SMILES string of the molecule is CCOC1CC(N)(C(=O)NCC2CCCN2C)C1(C)C. The Morgan fingerprint density at radius 2 is 2.20 bits per heavy atom. The van der Waals surface area contributed by atoms with Gasteiger partial charge in [0.25, 0.3) is 0 Å². The molecule has 1 aliphatic carbocycles. The summed E-state index contributed by atoms with van der Waals surface area (Å²) in [4.78, 5) is 14.8. The Morgan fingerprint density at radius 1 is 1.50 bits per heavy atom. The zero-order chi connectivity index (χ0) is 15.0. The number of likely N-dealkylation sites (tertiary alicyclic amines) is 1. The maximum Gasteiger partial charge on any atom is 0.240 e. The van der Waals surface area contributed by atoms with E-state index in [4.69, 9.17) is 10.5 Å². The number of hydrogen-bond donors (Lipinski definition) is 2. The Bertz CT molecular complexity index is 372. The normalized spacial score (nSPS) is 36.6. The number of rotatable bonds is 5. The van der Waals surface area contributed by atoms with Gasteiger partial charge in [-0.25, -0.2) is 0 Å². The van der Waals surface area contributed by atoms with Crippen molar-refractivity contribution in [2.24, 2.45) is 11.1 Å². The predicted octanol–water partition coefficient (Wildman–Crippen LogP) is 0.729. The standard InChI is InChI=1S/C15H29N3O2/c1-5-20-12-9-15(16,14(12,2)3)13(19)17-10-11-7-6-8-18(11)4/h11-12H,5-10,16H2,1-4H3,(H,17,19). The first kappa shape index (κ1) is 15.7. The molecule has 1 heterocycles. The van der Waals surface area contributed by atoms with Crippen molar-refractivity contribution >= 4 is 5.91 Å². The number of nitrogens with zero attached hydrogens (tertiary/aromatic N) is 1. The van der Waals surface area contributed by atoms with Gasteiger partial charge in [-0.2, -0.15) is 0 Å². The van der Waals surface area contributed by atoms with E-state index in [-0.39, 0.29) is 17.4 Å². The van der Waals surface area contributed by atoms with Crippen LogP contribution >= 0.6 is 0 Å². The second kappa shape index (κ2) is 5.62. The average Bonchev–Trinajstić information content (AvgIpc) is 2.81. The predicted molar refractivity (Wildman–Crippen MR) is 79.4 cm³/mol. The fourth-order valence-corrected chi connectivity index (χ4v) is 3.43. The van der Waals surface area contributed by atoms with Gasteiger partial charge in [0.1, 0.15) is 5.54 Å². The summed E-state index contributed by atoms with van der Waals surface area (Å²) in [6.07, 6.45) is 3.06. The van der Waals surface area contributed by atoms with Gasteiger partial charge in [-0.15, -0.1) is 0 Å². The summed E-state index contributed by atoms with van der Waals surface area (Å²) in [5.74, 6) is -0.0289. The highest BCUT2D eigenvalue weighted by molar-refractivity contribution is 5.88. The number of nitrogens with two attached hydrogens (primary N) is 1. The van der Waals surface area contributed by atoms with Crippen molar-refractivity contribution in [2.45, 2.75) is 57.7 Å². The molecule has 0 aromatic carbocycles. The third-order valence-corrected chi connectivity index (χ3v) is 5.40. The number of amides is 1. The van der Waals surface area contributed by atoms with Crippen molar-refractivity contribution in [3.05, 3.63) is 0 Å². The van der Waals surface area contributed by atoms with E-state index in [2.05, 4.69) is 17.3 Å². The summed E-state index contributed by atoms with van der Waals surface area (Å²) in [7, 11) is 2.11. The van der Waals surface area contributed by atoms with Crippen LogP contribution in [0.25, 0.3) is 0 Å². The van der Waals surface area contributed by atoms with Gasteiger partial charge < -0.3 is 20.7 Å². The van der Waals surface area contributed by atoms with E-state index in [1.165, 1.54) is 6.42 Å². The fraction of sp³-hybridized carbons (Fsp3) is 0.933. The van der Waals surface area contributed by atoms with E-state index < -0.39 is 5.54 Å². The minimum absolute atomic E-state index is 0.0289. The number of carbonyl (C=O) groups is 1. The molecule has 116 valence electrons. The maximum atomic E-state index is 12.5. The molecule has 1 aliphatic heterocycles. The smallest absolute Gasteiger partial charge is 0.240 e. The molecule has 5 nitrogen and oxygen atoms in total. The van der Waals surface area contributed by atoms with Crippen molar-refractivity contribution in [3.8, 4) is 0 Å². The minimum atomic E-state index is -0.802. The van der Waals surface area contributed by atoms with E-state index in [1.54, 1.807) is 0 Å². The lowest BCUT2D eigenvalue weighted by molar-refractivity contribution is -0.170. The first-order chi connectivity index (χ1) is 9.33. The largest absolute Gasteiger partial charge is 0.378 e. The van der Waals surface area contributed by atoms with Crippen molar-refractivity contribution < 1.29 is 9.53 Å². The van der Waals surface area contributed by atoms with E-state index in [0.717, 1.165) is 13.0 Å². The lowest BCUT2D eigenvalue weighted by Gasteiger charge is -2.57. The molecule has 0 radical (unpaired) electrons. The van der Waals surface area contributed by atoms with Crippen LogP contribution in [0.5, 0.6) is 0 Å². The Balaban J connectivity index is 1.89. The molecule has 20 heavy (non-hydrogen) atoms. The van der Waals surface area contributed by atoms with Gasteiger partial charge in [0.15, 0.2) is 0 Å². The molecule has 3 atom stereocenters. The molecule has 2 rings (SSSR count). The Hall–Kier alpha value is -0.650. The summed E-state index contributed by atoms with van der Waals surface area (Å²) in [5, 5.41) is 3.05. The number of likely N-dealkylation sites (N-methyl/N-ethyl adjacent to an activating group) is 1. The Morgan fingerprint density at radius 3 is 2.70 bits per heavy atom. The van der Waals surface area contributed by atoms with Gasteiger partial charge in [-0.05, 0) is 33.4 Å². The molecule has 0 aromatic rings. The van der Waals surface area contributed by atoms with Gasteiger partial charge in [-0.1, -0.05) is 13.8 Å². The van der Waals surface area contributed by atoms with E-state index >= 15 is 0 Å². The zero-order valence-electron chi connectivity index (χ0n) is 13.2. The van der Waals surface area contributed by atoms with Crippen LogP contribution in [0.2, 0.25) is 0 Å². The molecule has 1 amide bonds. The molecule has 1 saturated carbocycles. The maximum absolute atomic E-state index is 12.5. The molecule has 0 bridgehead atoms. The highest BCUT2D eigenvalue weighted by Crippen LogP contribution is 2.49. The molecule has 5 heteroatoms. The van der Waals surface area contributed by atoms with Crippen molar-refractivity contribution in [1.29, 1.82) is 0 Å². The number of nitrogens with one attached hydrogen (secondary N) is 1. The molecule has 0 spiro atoms. The lowest BCUT2D eigenvalue weighted by atomic mass is 9.54. The van der Waals surface area contributed by atoms with Crippen LogP contribution in [0.1, 0.15) is 40.0 Å². The quantitative estimate of drug-likeness (QED) is 0.780. The summed E-state index contributed by atoms with van der Waals surface area (Å²) in [6.45, 7) is 8.51. The van der Waals surface area contributed by atoms with Crippen LogP contribution in [0, 0.1) is 5.41 Å². The third kappa shape index (κ3) is 2.47. The van der Waals surface area contributed by atoms with Crippen LogP contribution in [0.4, 0.5) is 0 Å². The molecule has 2 fully saturated rings. The van der Waals surface area contributed by atoms with Crippen LogP contribution in [-0.4, -0.2) is 55.2 Å². The van der Waals surface area contributed by atoms with Gasteiger partial charge in [0, 0.05) is 31.0 Å². The summed E-state index contributed by atoms with van der Waals surface area (Å²) in [5.41, 5.74) is 5.25. The first-order valence-electron chi connectivity index (χ1n) is 7.72. The van der Waals surface area contributed by atoms with E-state index in [0.29, 0.717) is 25.6 Å². The highest BCUT2D eigenvalue weighted by Gasteiger charge is 2.62. The first-order valence-corrected chi connectivity index (χ1v) is 7.72. The topological polar surface area (TPSA) is 67.6 Å². The second-order valence-corrected chi connectivity index (χ2v) is 6.83. The third-order valence-electron chi connectivity index (χ3n) is 5.40. The molecule has 3 unspecified atom stereocenters. The van der Waals surface area contributed by atoms with Gasteiger partial charge in [0.2, 0.25) is 5.91 Å². The summed E-state index contributed by atoms with van der Waals surface area (Å²) in [6, 6.07) is 0.452. The Kier molecular flexibility index (Phi) is 4.42. The van der Waals surface area contributed by atoms with Gasteiger partial charge >= 0.3 is 0 Å². The lowest BCUT2D eigenvalue weighted by Crippen LogP contribution is -2.76. The second-order valence-electron chi connectivity index (χ2n) is 6.83. The van der Waals surface area contributed by atoms with Crippen LogP contribution < -0.4 is 11.1 Å². The fourth-order valence-electron chi connectivity index (χ4n) is 3.43. The zero-order valence-corrected chi connectivity index (χ0v) is 13.2. The number of ether oxygens (including phenoxy) is 1. The van der Waals surface area contributed by atoms with Gasteiger partial charge in [-0.3, -0.25) is 4.79 Å². The van der Waals surface area contributed by atoms with Crippen molar-refractivity contribution in [2.75, 3.05) is 26.7 Å². The van der Waals surface area contributed by atoms with Gasteiger partial charge in [0.05, 0.1) is 6.10 Å². The highest BCUT2D eigenvalue weighted by atomic mass is 16.5. The van der Waals surface area contributed by atoms with Crippen molar-refractivity contribution in [1.82, 2.24) is 10.2 Å². The molecular formula is C15H29N3O2. The number of hydrogen-bond acceptors (Lipinski definition) is 4. The molecule has 3 N–H and O–H groups in total. The molecule has 2 aliphatic rings. The van der Waals surface area contributed by atoms with E-state index in [1.807, 2.05) is 20.8 Å². The van der Waals surface area contributed by atoms with Crippen LogP contribution in [0.3, 0.4) is 0 Å². The van der Waals surface area contributed by atoms with Crippen molar-refractivity contribution in [3.63, 3.8) is 0 Å². The molecular weight excluding hydrogens is 254 g/mol. The summed E-state index contributed by atoms with van der Waals surface area (Å²) >= 11 is 0.